The maximum absolute atomic E-state index is 10.6. The Morgan fingerprint density at radius 2 is 1.74 bits per heavy atom. The fourth-order valence-corrected chi connectivity index (χ4v) is 4.32. The lowest BCUT2D eigenvalue weighted by atomic mass is 9.67. The normalized spacial score (nSPS) is 25.0. The summed E-state index contributed by atoms with van der Waals surface area (Å²) < 4.78 is 0. The number of aryl methyl sites for hydroxylation is 1. The second-order valence-electron chi connectivity index (χ2n) is 7.94. The molecule has 2 N–H and O–H groups in total. The van der Waals surface area contributed by atoms with Gasteiger partial charge in [0.1, 0.15) is 11.5 Å². The molecule has 0 aromatic heterocycles. The van der Waals surface area contributed by atoms with Crippen LogP contribution in [0.5, 0.6) is 11.5 Å². The Bertz CT molecular complexity index is 484. The third-order valence-electron chi connectivity index (χ3n) is 5.66. The van der Waals surface area contributed by atoms with E-state index in [4.69, 9.17) is 0 Å². The Hall–Kier alpha value is -1.18. The summed E-state index contributed by atoms with van der Waals surface area (Å²) >= 11 is 0. The first-order chi connectivity index (χ1) is 10.9. The van der Waals surface area contributed by atoms with Crippen molar-refractivity contribution < 1.29 is 10.2 Å². The number of aromatic hydroxyl groups is 2. The molecular weight excluding hydrogens is 284 g/mol. The van der Waals surface area contributed by atoms with Crippen molar-refractivity contribution in [1.82, 2.24) is 0 Å². The number of phenols is 2. The van der Waals surface area contributed by atoms with Gasteiger partial charge in [-0.1, -0.05) is 47.0 Å². The molecular formula is C21H34O2. The lowest BCUT2D eigenvalue weighted by Crippen LogP contribution is -2.26. The third kappa shape index (κ3) is 4.43. The van der Waals surface area contributed by atoms with Crippen molar-refractivity contribution in [2.45, 2.75) is 78.6 Å². The van der Waals surface area contributed by atoms with Crippen LogP contribution < -0.4 is 0 Å². The predicted octanol–water partition coefficient (Wildman–Crippen LogP) is 6.01. The smallest absolute Gasteiger partial charge is 0.123 e. The van der Waals surface area contributed by atoms with Crippen LogP contribution in [0.2, 0.25) is 0 Å². The van der Waals surface area contributed by atoms with Crippen LogP contribution in [0.3, 0.4) is 0 Å². The molecule has 1 saturated carbocycles. The molecule has 0 spiro atoms. The van der Waals surface area contributed by atoms with Crippen LogP contribution in [0.4, 0.5) is 0 Å². The fraction of sp³-hybridized carbons (Fsp3) is 0.714. The van der Waals surface area contributed by atoms with Gasteiger partial charge in [-0.3, -0.25) is 0 Å². The van der Waals surface area contributed by atoms with Gasteiger partial charge in [0.2, 0.25) is 0 Å². The Kier molecular flexibility index (Phi) is 6.38. The molecule has 130 valence electrons. The van der Waals surface area contributed by atoms with Gasteiger partial charge < -0.3 is 10.2 Å². The molecule has 1 aliphatic carbocycles. The minimum atomic E-state index is 0.281. The zero-order chi connectivity index (χ0) is 17.0. The van der Waals surface area contributed by atoms with Gasteiger partial charge in [0.15, 0.2) is 0 Å². The summed E-state index contributed by atoms with van der Waals surface area (Å²) in [7, 11) is 0. The summed E-state index contributed by atoms with van der Waals surface area (Å²) in [5.41, 5.74) is 1.86. The minimum Gasteiger partial charge on any atom is -0.508 e. The van der Waals surface area contributed by atoms with Crippen LogP contribution in [0, 0.1) is 17.8 Å². The molecule has 0 amide bonds. The molecule has 3 atom stereocenters. The van der Waals surface area contributed by atoms with Crippen LogP contribution in [-0.2, 0) is 6.42 Å². The van der Waals surface area contributed by atoms with Crippen molar-refractivity contribution >= 4 is 0 Å². The number of unbranched alkanes of at least 4 members (excludes halogenated alkanes) is 2. The largest absolute Gasteiger partial charge is 0.508 e. The highest BCUT2D eigenvalue weighted by Crippen LogP contribution is 2.49. The minimum absolute atomic E-state index is 0.281. The van der Waals surface area contributed by atoms with E-state index in [1.54, 1.807) is 0 Å². The van der Waals surface area contributed by atoms with Gasteiger partial charge in [-0.25, -0.2) is 0 Å². The Morgan fingerprint density at radius 3 is 2.30 bits per heavy atom. The quantitative estimate of drug-likeness (QED) is 0.631. The molecule has 1 aliphatic rings. The van der Waals surface area contributed by atoms with Gasteiger partial charge in [-0.05, 0) is 67.1 Å². The maximum Gasteiger partial charge on any atom is 0.123 e. The first-order valence-electron chi connectivity index (χ1n) is 9.48. The topological polar surface area (TPSA) is 40.5 Å². The molecule has 0 bridgehead atoms. The van der Waals surface area contributed by atoms with E-state index in [9.17, 15) is 10.2 Å². The van der Waals surface area contributed by atoms with E-state index in [-0.39, 0.29) is 5.92 Å². The highest BCUT2D eigenvalue weighted by Gasteiger charge is 2.34. The lowest BCUT2D eigenvalue weighted by Gasteiger charge is -2.38. The van der Waals surface area contributed by atoms with Crippen molar-refractivity contribution in [2.75, 3.05) is 0 Å². The first-order valence-corrected chi connectivity index (χ1v) is 9.48. The number of hydrogen-bond acceptors (Lipinski definition) is 2. The van der Waals surface area contributed by atoms with Crippen molar-refractivity contribution in [2.24, 2.45) is 17.8 Å². The molecule has 1 aromatic rings. The number of hydrogen-bond donors (Lipinski definition) is 2. The van der Waals surface area contributed by atoms with Crippen molar-refractivity contribution in [3.8, 4) is 11.5 Å². The Labute approximate surface area is 141 Å². The maximum atomic E-state index is 10.6. The molecule has 0 saturated heterocycles. The summed E-state index contributed by atoms with van der Waals surface area (Å²) in [5.74, 6) is 2.69. The molecule has 0 heterocycles. The Balaban J connectivity index is 2.26. The molecule has 1 aromatic carbocycles. The van der Waals surface area contributed by atoms with E-state index in [0.29, 0.717) is 29.3 Å². The zero-order valence-corrected chi connectivity index (χ0v) is 15.3. The van der Waals surface area contributed by atoms with Crippen molar-refractivity contribution in [1.29, 1.82) is 0 Å². The second kappa shape index (κ2) is 8.08. The summed E-state index contributed by atoms with van der Waals surface area (Å²) in [6.07, 6.45) is 7.95. The monoisotopic (exact) mass is 318 g/mol. The van der Waals surface area contributed by atoms with Crippen LogP contribution in [-0.4, -0.2) is 10.2 Å². The van der Waals surface area contributed by atoms with E-state index < -0.39 is 0 Å². The van der Waals surface area contributed by atoms with Gasteiger partial charge in [0.25, 0.3) is 0 Å². The summed E-state index contributed by atoms with van der Waals surface area (Å²) in [4.78, 5) is 0. The summed E-state index contributed by atoms with van der Waals surface area (Å²) in [5, 5.41) is 21.2. The fourth-order valence-electron chi connectivity index (χ4n) is 4.32. The van der Waals surface area contributed by atoms with Crippen LogP contribution in [0.15, 0.2) is 12.1 Å². The molecule has 2 nitrogen and oxygen atoms in total. The average Bonchev–Trinajstić information content (AvgIpc) is 2.46. The third-order valence-corrected chi connectivity index (χ3v) is 5.66. The molecule has 0 aliphatic heterocycles. The Morgan fingerprint density at radius 1 is 1.09 bits per heavy atom. The predicted molar refractivity (Wildman–Crippen MR) is 97.1 cm³/mol. The summed E-state index contributed by atoms with van der Waals surface area (Å²) in [6, 6.07) is 3.78. The molecule has 1 fully saturated rings. The van der Waals surface area contributed by atoms with Gasteiger partial charge in [0, 0.05) is 5.56 Å². The molecule has 23 heavy (non-hydrogen) atoms. The highest BCUT2D eigenvalue weighted by atomic mass is 16.3. The lowest BCUT2D eigenvalue weighted by molar-refractivity contribution is 0.192. The van der Waals surface area contributed by atoms with E-state index in [1.165, 1.54) is 25.7 Å². The van der Waals surface area contributed by atoms with E-state index in [0.717, 1.165) is 30.4 Å². The van der Waals surface area contributed by atoms with E-state index in [1.807, 2.05) is 12.1 Å². The van der Waals surface area contributed by atoms with Gasteiger partial charge in [-0.2, -0.15) is 0 Å². The zero-order valence-electron chi connectivity index (χ0n) is 15.3. The van der Waals surface area contributed by atoms with Gasteiger partial charge in [0.05, 0.1) is 0 Å². The number of benzene rings is 1. The van der Waals surface area contributed by atoms with Crippen molar-refractivity contribution in [3.63, 3.8) is 0 Å². The first kappa shape index (κ1) is 18.2. The molecule has 2 heteroatoms. The van der Waals surface area contributed by atoms with Crippen LogP contribution >= 0.6 is 0 Å². The number of phenolic OH excluding ortho intramolecular Hbond substituents is 2. The number of rotatable bonds is 6. The second-order valence-corrected chi connectivity index (χ2v) is 7.94. The van der Waals surface area contributed by atoms with Crippen LogP contribution in [0.25, 0.3) is 0 Å². The average molecular weight is 319 g/mol. The van der Waals surface area contributed by atoms with Gasteiger partial charge >= 0.3 is 0 Å². The van der Waals surface area contributed by atoms with Crippen molar-refractivity contribution in [3.05, 3.63) is 23.3 Å². The standard InChI is InChI=1S/C21H34O2/c1-5-6-7-8-16-12-19(22)21(20(23)13-16)18-11-15(4)9-10-17(18)14(2)3/h12-15,17-18,22-23H,5-11H2,1-4H3/t15-,17+,18-/m1/s1. The SMILES string of the molecule is CCCCCc1cc(O)c([C@@H]2C[C@H](C)CC[C@H]2C(C)C)c(O)c1. The highest BCUT2D eigenvalue weighted by molar-refractivity contribution is 5.49. The van der Waals surface area contributed by atoms with Crippen LogP contribution in [0.1, 0.15) is 83.3 Å². The molecule has 0 unspecified atom stereocenters. The van der Waals surface area contributed by atoms with E-state index >= 15 is 0 Å². The molecule has 0 radical (unpaired) electrons. The summed E-state index contributed by atoms with van der Waals surface area (Å²) in [6.45, 7) is 9.01. The molecule has 2 rings (SSSR count). The van der Waals surface area contributed by atoms with Gasteiger partial charge in [-0.15, -0.1) is 0 Å². The van der Waals surface area contributed by atoms with E-state index in [2.05, 4.69) is 27.7 Å².